The highest BCUT2D eigenvalue weighted by Crippen LogP contribution is 2.05. The minimum absolute atomic E-state index is 0.484. The number of carbonyl (C=O) groups excluding carboxylic acids is 3. The molecule has 28 heavy (non-hydrogen) atoms. The standard InChI is InChI=1S/C16H30N4O8/c1-6(2)11(14(25)18-9(5-21)16(27)28)19-15(26)12(8(4)23)20-13(24)10(17)7(3)22/h6-12,21-23H,5,17H2,1-4H3,(H,18,25)(H,19,26)(H,20,24)(H,27,28). The lowest BCUT2D eigenvalue weighted by Gasteiger charge is -2.28. The van der Waals surface area contributed by atoms with E-state index in [1.54, 1.807) is 13.8 Å². The Morgan fingerprint density at radius 3 is 1.64 bits per heavy atom. The Bertz CT molecular complexity index is 567. The molecule has 0 rings (SSSR count). The molecule has 0 spiro atoms. The molecule has 0 saturated carbocycles. The average molecular weight is 406 g/mol. The van der Waals surface area contributed by atoms with Gasteiger partial charge in [-0.1, -0.05) is 13.8 Å². The van der Waals surface area contributed by atoms with E-state index >= 15 is 0 Å². The summed E-state index contributed by atoms with van der Waals surface area (Å²) in [5, 5.41) is 43.7. The first-order valence-electron chi connectivity index (χ1n) is 8.69. The van der Waals surface area contributed by atoms with Crippen molar-refractivity contribution in [3.63, 3.8) is 0 Å². The normalized spacial score (nSPS) is 17.6. The fourth-order valence-electron chi connectivity index (χ4n) is 2.10. The summed E-state index contributed by atoms with van der Waals surface area (Å²) < 4.78 is 0. The number of aliphatic carboxylic acids is 1. The number of carboxylic acid groups (broad SMARTS) is 1. The van der Waals surface area contributed by atoms with Crippen LogP contribution < -0.4 is 21.7 Å². The molecular formula is C16H30N4O8. The Morgan fingerprint density at radius 1 is 0.821 bits per heavy atom. The number of nitrogens with one attached hydrogen (secondary N) is 3. The van der Waals surface area contributed by atoms with Gasteiger partial charge in [0.15, 0.2) is 0 Å². The molecule has 0 aliphatic heterocycles. The zero-order valence-corrected chi connectivity index (χ0v) is 16.2. The van der Waals surface area contributed by atoms with E-state index in [1.807, 2.05) is 0 Å². The van der Waals surface area contributed by atoms with Gasteiger partial charge in [-0.05, 0) is 19.8 Å². The molecule has 6 unspecified atom stereocenters. The summed E-state index contributed by atoms with van der Waals surface area (Å²) in [6.07, 6.45) is -2.55. The van der Waals surface area contributed by atoms with E-state index in [9.17, 15) is 29.4 Å². The van der Waals surface area contributed by atoms with Crippen LogP contribution in [0.5, 0.6) is 0 Å². The maximum atomic E-state index is 12.5. The number of amides is 3. The average Bonchev–Trinajstić information content (AvgIpc) is 2.59. The summed E-state index contributed by atoms with van der Waals surface area (Å²) in [5.74, 6) is -4.59. The van der Waals surface area contributed by atoms with Crippen molar-refractivity contribution in [1.82, 2.24) is 16.0 Å². The van der Waals surface area contributed by atoms with E-state index in [2.05, 4.69) is 16.0 Å². The van der Waals surface area contributed by atoms with Crippen LogP contribution in [0.3, 0.4) is 0 Å². The van der Waals surface area contributed by atoms with Crippen LogP contribution in [0.25, 0.3) is 0 Å². The lowest BCUT2D eigenvalue weighted by Crippen LogP contribution is -2.61. The number of hydrogen-bond donors (Lipinski definition) is 8. The monoisotopic (exact) mass is 406 g/mol. The first-order valence-corrected chi connectivity index (χ1v) is 8.69. The third-order valence-corrected chi connectivity index (χ3v) is 3.93. The molecule has 9 N–H and O–H groups in total. The van der Waals surface area contributed by atoms with Crippen LogP contribution in [0.1, 0.15) is 27.7 Å². The Labute approximate surface area is 162 Å². The quantitative estimate of drug-likeness (QED) is 0.169. The van der Waals surface area contributed by atoms with E-state index in [0.29, 0.717) is 0 Å². The molecule has 12 nitrogen and oxygen atoms in total. The van der Waals surface area contributed by atoms with Gasteiger partial charge >= 0.3 is 5.97 Å². The van der Waals surface area contributed by atoms with Gasteiger partial charge in [-0.2, -0.15) is 0 Å². The second-order valence-corrected chi connectivity index (χ2v) is 6.81. The van der Waals surface area contributed by atoms with E-state index in [-0.39, 0.29) is 0 Å². The van der Waals surface area contributed by atoms with Gasteiger partial charge in [-0.3, -0.25) is 14.4 Å². The van der Waals surface area contributed by atoms with E-state index in [4.69, 9.17) is 15.9 Å². The van der Waals surface area contributed by atoms with Gasteiger partial charge in [0.2, 0.25) is 17.7 Å². The zero-order chi connectivity index (χ0) is 22.2. The van der Waals surface area contributed by atoms with Crippen molar-refractivity contribution in [2.24, 2.45) is 11.7 Å². The SMILES string of the molecule is CC(C)C(NC(=O)C(NC(=O)C(N)C(C)O)C(C)O)C(=O)NC(CO)C(=O)O. The fourth-order valence-corrected chi connectivity index (χ4v) is 2.10. The first-order chi connectivity index (χ1) is 12.8. The Hall–Kier alpha value is -2.28. The van der Waals surface area contributed by atoms with Crippen molar-refractivity contribution in [2.75, 3.05) is 6.61 Å². The molecular weight excluding hydrogens is 376 g/mol. The molecule has 0 aromatic carbocycles. The predicted octanol–water partition coefficient (Wildman–Crippen LogP) is -3.74. The third-order valence-electron chi connectivity index (χ3n) is 3.93. The molecule has 0 radical (unpaired) electrons. The van der Waals surface area contributed by atoms with Gasteiger partial charge in [-0.25, -0.2) is 4.79 Å². The van der Waals surface area contributed by atoms with Crippen molar-refractivity contribution >= 4 is 23.7 Å². The zero-order valence-electron chi connectivity index (χ0n) is 16.2. The van der Waals surface area contributed by atoms with Crippen molar-refractivity contribution in [2.45, 2.75) is 64.1 Å². The first kappa shape index (κ1) is 25.7. The summed E-state index contributed by atoms with van der Waals surface area (Å²) in [7, 11) is 0. The molecule has 0 fully saturated rings. The second kappa shape index (κ2) is 11.5. The highest BCUT2D eigenvalue weighted by Gasteiger charge is 2.34. The van der Waals surface area contributed by atoms with Crippen molar-refractivity contribution in [1.29, 1.82) is 0 Å². The minimum Gasteiger partial charge on any atom is -0.480 e. The number of hydrogen-bond acceptors (Lipinski definition) is 8. The van der Waals surface area contributed by atoms with Crippen molar-refractivity contribution in [3.05, 3.63) is 0 Å². The summed E-state index contributed by atoms with van der Waals surface area (Å²) in [4.78, 5) is 47.7. The van der Waals surface area contributed by atoms with Crippen molar-refractivity contribution < 1.29 is 39.6 Å². The molecule has 0 aromatic heterocycles. The maximum Gasteiger partial charge on any atom is 0.328 e. The molecule has 0 aromatic rings. The van der Waals surface area contributed by atoms with Crippen LogP contribution in [0.2, 0.25) is 0 Å². The van der Waals surface area contributed by atoms with Gasteiger partial charge in [0.1, 0.15) is 24.2 Å². The molecule has 0 aliphatic rings. The van der Waals surface area contributed by atoms with Gasteiger partial charge in [0.05, 0.1) is 18.8 Å². The topological polar surface area (TPSA) is 211 Å². The molecule has 162 valence electrons. The summed E-state index contributed by atoms with van der Waals surface area (Å²) in [5.41, 5.74) is 5.49. The highest BCUT2D eigenvalue weighted by atomic mass is 16.4. The van der Waals surface area contributed by atoms with Crippen LogP contribution in [-0.4, -0.2) is 87.1 Å². The van der Waals surface area contributed by atoms with Crippen LogP contribution >= 0.6 is 0 Å². The number of aliphatic hydroxyl groups excluding tert-OH is 3. The Morgan fingerprint density at radius 2 is 1.29 bits per heavy atom. The molecule has 0 heterocycles. The van der Waals surface area contributed by atoms with E-state index in [0.717, 1.165) is 0 Å². The number of rotatable bonds is 11. The molecule has 0 saturated heterocycles. The summed E-state index contributed by atoms with van der Waals surface area (Å²) in [6, 6.07) is -5.56. The summed E-state index contributed by atoms with van der Waals surface area (Å²) >= 11 is 0. The van der Waals surface area contributed by atoms with E-state index in [1.165, 1.54) is 13.8 Å². The minimum atomic E-state index is -1.55. The molecule has 0 aliphatic carbocycles. The number of carboxylic acids is 1. The Kier molecular flexibility index (Phi) is 10.6. The Balaban J connectivity index is 5.29. The van der Waals surface area contributed by atoms with Crippen molar-refractivity contribution in [3.8, 4) is 0 Å². The second-order valence-electron chi connectivity index (χ2n) is 6.81. The van der Waals surface area contributed by atoms with Gasteiger partial charge in [-0.15, -0.1) is 0 Å². The van der Waals surface area contributed by atoms with Crippen LogP contribution in [0.15, 0.2) is 0 Å². The number of nitrogens with two attached hydrogens (primary N) is 1. The van der Waals surface area contributed by atoms with E-state index < -0.39 is 72.6 Å². The van der Waals surface area contributed by atoms with Crippen LogP contribution in [0, 0.1) is 5.92 Å². The molecule has 3 amide bonds. The van der Waals surface area contributed by atoms with Crippen LogP contribution in [-0.2, 0) is 19.2 Å². The number of carbonyl (C=O) groups is 4. The van der Waals surface area contributed by atoms with Gasteiger partial charge in [0.25, 0.3) is 0 Å². The fraction of sp³-hybridized carbons (Fsp3) is 0.750. The van der Waals surface area contributed by atoms with Gasteiger partial charge < -0.3 is 42.1 Å². The molecule has 12 heteroatoms. The van der Waals surface area contributed by atoms with Crippen LogP contribution in [0.4, 0.5) is 0 Å². The molecule has 0 bridgehead atoms. The third kappa shape index (κ3) is 7.76. The predicted molar refractivity (Wildman–Crippen MR) is 96.7 cm³/mol. The smallest absolute Gasteiger partial charge is 0.328 e. The largest absolute Gasteiger partial charge is 0.480 e. The number of aliphatic hydroxyl groups is 3. The lowest BCUT2D eigenvalue weighted by molar-refractivity contribution is -0.143. The van der Waals surface area contributed by atoms with Gasteiger partial charge in [0, 0.05) is 0 Å². The highest BCUT2D eigenvalue weighted by molar-refractivity contribution is 5.94. The lowest BCUT2D eigenvalue weighted by atomic mass is 10.0. The maximum absolute atomic E-state index is 12.5. The molecule has 6 atom stereocenters. The summed E-state index contributed by atoms with van der Waals surface area (Å²) in [6.45, 7) is 4.83.